The van der Waals surface area contributed by atoms with Crippen molar-refractivity contribution in [1.29, 1.82) is 0 Å². The highest BCUT2D eigenvalue weighted by molar-refractivity contribution is 7.17. The number of nitrogens with zero attached hydrogens (tertiary/aromatic N) is 2. The number of nitrogens with one attached hydrogen (secondary N) is 1. The van der Waals surface area contributed by atoms with Gasteiger partial charge in [-0.25, -0.2) is 4.98 Å². The molecule has 0 fully saturated rings. The molecular weight excluding hydrogens is 346 g/mol. The van der Waals surface area contributed by atoms with Crippen molar-refractivity contribution in [1.82, 2.24) is 14.9 Å². The van der Waals surface area contributed by atoms with E-state index in [0.717, 1.165) is 17.5 Å². The van der Waals surface area contributed by atoms with E-state index >= 15 is 0 Å². The van der Waals surface area contributed by atoms with Crippen LogP contribution in [0.1, 0.15) is 26.3 Å². The third-order valence-corrected chi connectivity index (χ3v) is 5.14. The maximum Gasteiger partial charge on any atom is 0.263 e. The van der Waals surface area contributed by atoms with E-state index in [-0.39, 0.29) is 18.0 Å². The van der Waals surface area contributed by atoms with Gasteiger partial charge >= 0.3 is 0 Å². The van der Waals surface area contributed by atoms with Crippen LogP contribution in [-0.4, -0.2) is 22.0 Å². The number of aromatic nitrogens is 2. The van der Waals surface area contributed by atoms with Crippen LogP contribution in [0.2, 0.25) is 0 Å². The molecule has 3 aromatic rings. The molecule has 0 bridgehead atoms. The van der Waals surface area contributed by atoms with Gasteiger partial charge in [0.15, 0.2) is 0 Å². The molecule has 6 heteroatoms. The molecular formula is C20H23N3O2S. The Balaban J connectivity index is 1.95. The molecule has 0 spiro atoms. The van der Waals surface area contributed by atoms with Crippen LogP contribution in [0, 0.1) is 5.92 Å². The summed E-state index contributed by atoms with van der Waals surface area (Å²) in [5, 5.41) is 5.38. The topological polar surface area (TPSA) is 64.0 Å². The fraction of sp³-hybridized carbons (Fsp3) is 0.350. The average Bonchev–Trinajstić information content (AvgIpc) is 3.07. The molecule has 0 unspecified atom stereocenters. The third-order valence-electron chi connectivity index (χ3n) is 4.26. The fourth-order valence-electron chi connectivity index (χ4n) is 2.74. The fourth-order valence-corrected chi connectivity index (χ4v) is 3.65. The zero-order chi connectivity index (χ0) is 18.7. The molecule has 0 aliphatic heterocycles. The van der Waals surface area contributed by atoms with E-state index in [2.05, 4.69) is 29.4 Å². The van der Waals surface area contributed by atoms with Crippen LogP contribution in [0.25, 0.3) is 21.3 Å². The number of hydrogen-bond acceptors (Lipinski definition) is 4. The lowest BCUT2D eigenvalue weighted by Gasteiger charge is -2.09. The molecule has 0 aliphatic carbocycles. The van der Waals surface area contributed by atoms with Gasteiger partial charge in [-0.05, 0) is 23.5 Å². The van der Waals surface area contributed by atoms with Gasteiger partial charge in [0.2, 0.25) is 5.91 Å². The second-order valence-corrected chi connectivity index (χ2v) is 7.61. The molecule has 1 N–H and O–H groups in total. The average molecular weight is 369 g/mol. The van der Waals surface area contributed by atoms with E-state index in [1.165, 1.54) is 27.8 Å². The van der Waals surface area contributed by atoms with E-state index in [4.69, 9.17) is 0 Å². The molecule has 136 valence electrons. The molecule has 0 atom stereocenters. The molecule has 5 nitrogen and oxygen atoms in total. The molecule has 0 saturated carbocycles. The van der Waals surface area contributed by atoms with Gasteiger partial charge in [-0.3, -0.25) is 14.2 Å². The number of thiophene rings is 1. The number of amides is 1. The van der Waals surface area contributed by atoms with Crippen molar-refractivity contribution in [3.05, 3.63) is 51.9 Å². The first-order chi connectivity index (χ1) is 12.5. The molecule has 1 aromatic carbocycles. The second kappa shape index (κ2) is 7.83. The van der Waals surface area contributed by atoms with Crippen LogP contribution < -0.4 is 10.9 Å². The van der Waals surface area contributed by atoms with E-state index in [0.29, 0.717) is 22.7 Å². The van der Waals surface area contributed by atoms with Gasteiger partial charge < -0.3 is 5.32 Å². The quantitative estimate of drug-likeness (QED) is 0.724. The van der Waals surface area contributed by atoms with E-state index in [9.17, 15) is 9.59 Å². The van der Waals surface area contributed by atoms with E-state index in [1.54, 1.807) is 0 Å². The Kier molecular flexibility index (Phi) is 5.52. The highest BCUT2D eigenvalue weighted by atomic mass is 32.1. The normalized spacial score (nSPS) is 11.2. The summed E-state index contributed by atoms with van der Waals surface area (Å²) in [6.45, 7) is 6.75. The molecule has 0 aliphatic rings. The minimum atomic E-state index is -0.175. The zero-order valence-electron chi connectivity index (χ0n) is 15.3. The molecule has 26 heavy (non-hydrogen) atoms. The molecule has 1 amide bonds. The van der Waals surface area contributed by atoms with Crippen LogP contribution >= 0.6 is 11.3 Å². The predicted molar refractivity (Wildman–Crippen MR) is 107 cm³/mol. The Bertz CT molecular complexity index is 971. The van der Waals surface area contributed by atoms with E-state index in [1.807, 2.05) is 31.4 Å². The first-order valence-electron chi connectivity index (χ1n) is 8.82. The number of rotatable bonds is 6. The van der Waals surface area contributed by atoms with Crippen molar-refractivity contribution in [2.75, 3.05) is 6.54 Å². The maximum atomic E-state index is 12.9. The lowest BCUT2D eigenvalue weighted by Crippen LogP contribution is -2.34. The summed E-state index contributed by atoms with van der Waals surface area (Å²) < 4.78 is 1.38. The Labute approximate surface area is 156 Å². The second-order valence-electron chi connectivity index (χ2n) is 6.76. The summed E-state index contributed by atoms with van der Waals surface area (Å²) in [5.41, 5.74) is 2.95. The van der Waals surface area contributed by atoms with Crippen molar-refractivity contribution >= 4 is 27.5 Å². The van der Waals surface area contributed by atoms with Gasteiger partial charge in [-0.15, -0.1) is 11.3 Å². The number of hydrogen-bond donors (Lipinski definition) is 1. The first-order valence-corrected chi connectivity index (χ1v) is 9.70. The van der Waals surface area contributed by atoms with Gasteiger partial charge in [-0.1, -0.05) is 45.0 Å². The van der Waals surface area contributed by atoms with E-state index < -0.39 is 0 Å². The Morgan fingerprint density at radius 2 is 2.00 bits per heavy atom. The summed E-state index contributed by atoms with van der Waals surface area (Å²) >= 11 is 1.45. The lowest BCUT2D eigenvalue weighted by atomic mass is 10.0. The minimum Gasteiger partial charge on any atom is -0.354 e. The maximum absolute atomic E-state index is 12.9. The van der Waals surface area contributed by atoms with Gasteiger partial charge in [0, 0.05) is 17.5 Å². The molecule has 0 radical (unpaired) electrons. The van der Waals surface area contributed by atoms with Gasteiger partial charge in [0.1, 0.15) is 11.4 Å². The number of carbonyl (C=O) groups excluding carboxylic acids is 1. The SMILES string of the molecule is CCc1ccc(-c2csc3ncn(CC(=O)NCC(C)C)c(=O)c23)cc1. The Morgan fingerprint density at radius 1 is 1.27 bits per heavy atom. The molecule has 3 rings (SSSR count). The Morgan fingerprint density at radius 3 is 2.65 bits per heavy atom. The van der Waals surface area contributed by atoms with Crippen molar-refractivity contribution in [3.63, 3.8) is 0 Å². The standard InChI is InChI=1S/C20H23N3O2S/c1-4-14-5-7-15(8-6-14)16-11-26-19-18(16)20(25)23(12-22-19)10-17(24)21-9-13(2)3/h5-8,11-13H,4,9-10H2,1-3H3,(H,21,24). The third kappa shape index (κ3) is 3.85. The van der Waals surface area contributed by atoms with Crippen LogP contribution in [0.15, 0.2) is 40.8 Å². The Hall–Kier alpha value is -2.47. The smallest absolute Gasteiger partial charge is 0.263 e. The highest BCUT2D eigenvalue weighted by Crippen LogP contribution is 2.30. The highest BCUT2D eigenvalue weighted by Gasteiger charge is 2.14. The van der Waals surface area contributed by atoms with Crippen LogP contribution in [-0.2, 0) is 17.8 Å². The van der Waals surface area contributed by atoms with Crippen molar-refractivity contribution in [2.45, 2.75) is 33.7 Å². The summed E-state index contributed by atoms with van der Waals surface area (Å²) in [6.07, 6.45) is 2.44. The van der Waals surface area contributed by atoms with Gasteiger partial charge in [0.25, 0.3) is 5.56 Å². The number of benzene rings is 1. The monoisotopic (exact) mass is 369 g/mol. The summed E-state index contributed by atoms with van der Waals surface area (Å²) in [7, 11) is 0. The van der Waals surface area contributed by atoms with Crippen LogP contribution in [0.4, 0.5) is 0 Å². The van der Waals surface area contributed by atoms with Crippen molar-refractivity contribution in [2.24, 2.45) is 5.92 Å². The summed E-state index contributed by atoms with van der Waals surface area (Å²) in [5.74, 6) is 0.192. The van der Waals surface area contributed by atoms with Crippen LogP contribution in [0.5, 0.6) is 0 Å². The number of aryl methyl sites for hydroxylation is 1. The van der Waals surface area contributed by atoms with Gasteiger partial charge in [0.05, 0.1) is 11.7 Å². The zero-order valence-corrected chi connectivity index (χ0v) is 16.1. The molecule has 2 aromatic heterocycles. The van der Waals surface area contributed by atoms with Crippen molar-refractivity contribution < 1.29 is 4.79 Å². The summed E-state index contributed by atoms with van der Waals surface area (Å²) in [6, 6.07) is 8.22. The van der Waals surface area contributed by atoms with Gasteiger partial charge in [-0.2, -0.15) is 0 Å². The summed E-state index contributed by atoms with van der Waals surface area (Å²) in [4.78, 5) is 30.1. The first kappa shape index (κ1) is 18.3. The van der Waals surface area contributed by atoms with Crippen molar-refractivity contribution in [3.8, 4) is 11.1 Å². The van der Waals surface area contributed by atoms with Crippen LogP contribution in [0.3, 0.4) is 0 Å². The number of carbonyl (C=O) groups is 1. The number of fused-ring (bicyclic) bond motifs is 1. The lowest BCUT2D eigenvalue weighted by molar-refractivity contribution is -0.121. The molecule has 2 heterocycles. The minimum absolute atomic E-state index is 0.0153. The predicted octanol–water partition coefficient (Wildman–Crippen LogP) is 3.46. The molecule has 0 saturated heterocycles. The largest absolute Gasteiger partial charge is 0.354 e.